The monoisotopic (exact) mass is 342 g/mol. The highest BCUT2D eigenvalue weighted by Crippen LogP contribution is 2.05. The summed E-state index contributed by atoms with van der Waals surface area (Å²) in [5.41, 5.74) is 1.07. The zero-order valence-electron chi connectivity index (χ0n) is 13.9. The normalized spacial score (nSPS) is 9.04. The Bertz CT molecular complexity index is 671. The molecule has 0 radical (unpaired) electrons. The molecule has 2 aromatic carbocycles. The van der Waals surface area contributed by atoms with E-state index in [-0.39, 0.29) is 5.97 Å². The molecule has 0 bridgehead atoms. The van der Waals surface area contributed by atoms with Gasteiger partial charge in [-0.3, -0.25) is 0 Å². The van der Waals surface area contributed by atoms with Crippen LogP contribution in [0.5, 0.6) is 0 Å². The minimum Gasteiger partial charge on any atom is -0.466 e. The summed E-state index contributed by atoms with van der Waals surface area (Å²) in [6.45, 7) is 4.95. The summed E-state index contributed by atoms with van der Waals surface area (Å²) in [7, 11) is 1.33. The van der Waals surface area contributed by atoms with Crippen molar-refractivity contribution in [2.24, 2.45) is 0 Å². The van der Waals surface area contributed by atoms with Gasteiger partial charge in [-0.05, 0) is 31.2 Å². The first-order chi connectivity index (χ1) is 12.0. The molecule has 0 spiro atoms. The number of rotatable bonds is 3. The van der Waals surface area contributed by atoms with Crippen molar-refractivity contribution in [3.63, 3.8) is 0 Å². The Hall–Kier alpha value is -3.41. The predicted octanol–water partition coefficient (Wildman–Crippen LogP) is 3.35. The molecule has 6 nitrogen and oxygen atoms in total. The number of hydrogen-bond acceptors (Lipinski definition) is 6. The van der Waals surface area contributed by atoms with Gasteiger partial charge in [-0.15, -0.1) is 0 Å². The summed E-state index contributed by atoms with van der Waals surface area (Å²) in [6.07, 6.45) is 0. The van der Waals surface area contributed by atoms with Gasteiger partial charge >= 0.3 is 17.9 Å². The van der Waals surface area contributed by atoms with Crippen LogP contribution in [0.4, 0.5) is 0 Å². The number of esters is 1. The van der Waals surface area contributed by atoms with Gasteiger partial charge in [0.2, 0.25) is 0 Å². The van der Waals surface area contributed by atoms with Gasteiger partial charge in [0, 0.05) is 5.57 Å². The lowest BCUT2D eigenvalue weighted by Crippen LogP contribution is -2.11. The molecule has 0 saturated heterocycles. The Labute approximate surface area is 145 Å². The van der Waals surface area contributed by atoms with Gasteiger partial charge in [0.05, 0.1) is 18.2 Å². The van der Waals surface area contributed by atoms with E-state index in [1.807, 2.05) is 0 Å². The van der Waals surface area contributed by atoms with Crippen molar-refractivity contribution in [2.45, 2.75) is 6.92 Å². The van der Waals surface area contributed by atoms with Crippen molar-refractivity contribution in [2.75, 3.05) is 7.11 Å². The third kappa shape index (κ3) is 7.13. The fourth-order valence-electron chi connectivity index (χ4n) is 1.49. The maximum atomic E-state index is 11.5. The summed E-state index contributed by atoms with van der Waals surface area (Å²) in [6, 6.07) is 16.6. The number of carbonyl (C=O) groups is 3. The molecular weight excluding hydrogens is 324 g/mol. The average molecular weight is 342 g/mol. The third-order valence-corrected chi connectivity index (χ3v) is 2.75. The molecule has 130 valence electrons. The number of methoxy groups -OCH3 is 1. The van der Waals surface area contributed by atoms with E-state index in [2.05, 4.69) is 21.1 Å². The van der Waals surface area contributed by atoms with Gasteiger partial charge in [-0.1, -0.05) is 43.0 Å². The summed E-state index contributed by atoms with van der Waals surface area (Å²) < 4.78 is 4.27. The molecule has 0 heterocycles. The van der Waals surface area contributed by atoms with E-state index in [0.29, 0.717) is 16.7 Å². The predicted molar refractivity (Wildman–Crippen MR) is 90.5 cm³/mol. The lowest BCUT2D eigenvalue weighted by atomic mass is 10.2. The number of ether oxygens (including phenoxy) is 1. The first kappa shape index (κ1) is 19.6. The molecular formula is C19H18O6. The van der Waals surface area contributed by atoms with Crippen molar-refractivity contribution in [3.8, 4) is 0 Å². The Morgan fingerprint density at radius 1 is 0.760 bits per heavy atom. The molecule has 0 amide bonds. The maximum absolute atomic E-state index is 11.5. The lowest BCUT2D eigenvalue weighted by molar-refractivity contribution is -0.187. The molecule has 0 aliphatic heterocycles. The largest absolute Gasteiger partial charge is 0.466 e. The van der Waals surface area contributed by atoms with Gasteiger partial charge in [0.15, 0.2) is 0 Å². The standard InChI is InChI=1S/C14H10O4.C5H8O2/c15-13(11-7-3-1-4-8-11)17-18-14(16)12-9-5-2-6-10-12;1-4(2)5(6)7-3/h1-10H;1H2,2-3H3. The Morgan fingerprint density at radius 2 is 1.12 bits per heavy atom. The second kappa shape index (κ2) is 10.4. The maximum Gasteiger partial charge on any atom is 0.386 e. The minimum absolute atomic E-state index is 0.318. The number of hydrogen-bond donors (Lipinski definition) is 0. The molecule has 6 heteroatoms. The van der Waals surface area contributed by atoms with E-state index in [1.54, 1.807) is 67.6 Å². The molecule has 0 N–H and O–H groups in total. The Kier molecular flexibility index (Phi) is 8.15. The minimum atomic E-state index is -0.708. The Balaban J connectivity index is 0.000000381. The molecule has 0 aliphatic rings. The van der Waals surface area contributed by atoms with Crippen LogP contribution in [0, 0.1) is 0 Å². The number of carbonyl (C=O) groups excluding carboxylic acids is 3. The SMILES string of the molecule is C=C(C)C(=O)OC.O=C(OOC(=O)c1ccccc1)c1ccccc1. The molecule has 25 heavy (non-hydrogen) atoms. The van der Waals surface area contributed by atoms with Crippen LogP contribution in [0.1, 0.15) is 27.6 Å². The fraction of sp³-hybridized carbons (Fsp3) is 0.105. The van der Waals surface area contributed by atoms with E-state index >= 15 is 0 Å². The van der Waals surface area contributed by atoms with Crippen LogP contribution in [0.3, 0.4) is 0 Å². The van der Waals surface area contributed by atoms with E-state index < -0.39 is 11.9 Å². The van der Waals surface area contributed by atoms with E-state index in [9.17, 15) is 14.4 Å². The highest BCUT2D eigenvalue weighted by Gasteiger charge is 2.12. The second-order valence-corrected chi connectivity index (χ2v) is 4.75. The zero-order valence-corrected chi connectivity index (χ0v) is 13.9. The molecule has 0 fully saturated rings. The van der Waals surface area contributed by atoms with E-state index in [4.69, 9.17) is 0 Å². The topological polar surface area (TPSA) is 78.9 Å². The van der Waals surface area contributed by atoms with Crippen molar-refractivity contribution in [3.05, 3.63) is 83.9 Å². The van der Waals surface area contributed by atoms with Crippen LogP contribution in [-0.4, -0.2) is 25.0 Å². The summed E-state index contributed by atoms with van der Waals surface area (Å²) in [4.78, 5) is 42.1. The third-order valence-electron chi connectivity index (χ3n) is 2.75. The molecule has 0 atom stereocenters. The first-order valence-electron chi connectivity index (χ1n) is 7.22. The quantitative estimate of drug-likeness (QED) is 0.368. The molecule has 2 rings (SSSR count). The van der Waals surface area contributed by atoms with Crippen molar-refractivity contribution >= 4 is 17.9 Å². The van der Waals surface area contributed by atoms with Crippen LogP contribution in [0.2, 0.25) is 0 Å². The zero-order chi connectivity index (χ0) is 18.7. The molecule has 0 saturated carbocycles. The second-order valence-electron chi connectivity index (χ2n) is 4.75. The van der Waals surface area contributed by atoms with Gasteiger partial charge in [-0.25, -0.2) is 24.2 Å². The lowest BCUT2D eigenvalue weighted by Gasteiger charge is -2.02. The highest BCUT2D eigenvalue weighted by atomic mass is 17.2. The van der Waals surface area contributed by atoms with Crippen LogP contribution in [0.15, 0.2) is 72.8 Å². The molecule has 0 aromatic heterocycles. The van der Waals surface area contributed by atoms with Crippen LogP contribution in [0.25, 0.3) is 0 Å². The Morgan fingerprint density at radius 3 is 1.36 bits per heavy atom. The van der Waals surface area contributed by atoms with Crippen LogP contribution in [-0.2, 0) is 19.3 Å². The van der Waals surface area contributed by atoms with Gasteiger partial charge in [0.1, 0.15) is 0 Å². The summed E-state index contributed by atoms with van der Waals surface area (Å²) >= 11 is 0. The fourth-order valence-corrected chi connectivity index (χ4v) is 1.49. The molecule has 0 unspecified atom stereocenters. The molecule has 2 aromatic rings. The van der Waals surface area contributed by atoms with Crippen LogP contribution >= 0.6 is 0 Å². The van der Waals surface area contributed by atoms with E-state index in [1.165, 1.54) is 7.11 Å². The average Bonchev–Trinajstić information content (AvgIpc) is 2.66. The van der Waals surface area contributed by atoms with E-state index in [0.717, 1.165) is 0 Å². The summed E-state index contributed by atoms with van der Waals surface area (Å²) in [5.74, 6) is -1.76. The van der Waals surface area contributed by atoms with Crippen molar-refractivity contribution < 1.29 is 28.9 Å². The summed E-state index contributed by atoms with van der Waals surface area (Å²) in [5, 5.41) is 0. The number of benzene rings is 2. The highest BCUT2D eigenvalue weighted by molar-refractivity contribution is 5.92. The van der Waals surface area contributed by atoms with Gasteiger partial charge < -0.3 is 4.74 Å². The van der Waals surface area contributed by atoms with Crippen molar-refractivity contribution in [1.82, 2.24) is 0 Å². The first-order valence-corrected chi connectivity index (χ1v) is 7.22. The molecule has 0 aliphatic carbocycles. The smallest absolute Gasteiger partial charge is 0.386 e. The van der Waals surface area contributed by atoms with Gasteiger partial charge in [0.25, 0.3) is 0 Å². The van der Waals surface area contributed by atoms with Crippen molar-refractivity contribution in [1.29, 1.82) is 0 Å². The van der Waals surface area contributed by atoms with Crippen LogP contribution < -0.4 is 0 Å². The van der Waals surface area contributed by atoms with Gasteiger partial charge in [-0.2, -0.15) is 0 Å².